The summed E-state index contributed by atoms with van der Waals surface area (Å²) in [7, 11) is 0. The predicted octanol–water partition coefficient (Wildman–Crippen LogP) is 1.19. The predicted molar refractivity (Wildman–Crippen MR) is 38.0 cm³/mol. The van der Waals surface area contributed by atoms with Crippen LogP contribution in [0.1, 0.15) is 19.3 Å². The second-order valence-electron chi connectivity index (χ2n) is 3.03. The smallest absolute Gasteiger partial charge is 0.166 e. The van der Waals surface area contributed by atoms with Crippen molar-refractivity contribution in [3.8, 4) is 0 Å². The molecular formula is C8H12N+. The van der Waals surface area contributed by atoms with Crippen LogP contribution in [0.15, 0.2) is 12.2 Å². The highest BCUT2D eigenvalue weighted by Gasteiger charge is 2.32. The third-order valence-corrected chi connectivity index (χ3v) is 2.27. The summed E-state index contributed by atoms with van der Waals surface area (Å²) in [6.45, 7) is 5.21. The van der Waals surface area contributed by atoms with Crippen LogP contribution in [-0.2, 0) is 0 Å². The molecule has 1 unspecified atom stereocenters. The van der Waals surface area contributed by atoms with Crippen molar-refractivity contribution in [3.05, 3.63) is 12.2 Å². The summed E-state index contributed by atoms with van der Waals surface area (Å²) in [5, 5.41) is 0. The van der Waals surface area contributed by atoms with Gasteiger partial charge in [0.05, 0.1) is 0 Å². The van der Waals surface area contributed by atoms with Crippen LogP contribution < -0.4 is 0 Å². The fraction of sp³-hybridized carbons (Fsp3) is 0.625. The molecule has 0 aromatic rings. The van der Waals surface area contributed by atoms with E-state index in [4.69, 9.17) is 0 Å². The van der Waals surface area contributed by atoms with Crippen molar-refractivity contribution in [2.24, 2.45) is 0 Å². The van der Waals surface area contributed by atoms with E-state index in [0.29, 0.717) is 0 Å². The zero-order valence-electron chi connectivity index (χ0n) is 5.64. The molecule has 0 saturated carbocycles. The summed E-state index contributed by atoms with van der Waals surface area (Å²) >= 11 is 0. The van der Waals surface area contributed by atoms with Crippen LogP contribution in [-0.4, -0.2) is 23.4 Å². The molecule has 2 aliphatic heterocycles. The summed E-state index contributed by atoms with van der Waals surface area (Å²) in [6.07, 6.45) is 6.21. The maximum Gasteiger partial charge on any atom is 0.166 e. The molecule has 2 aliphatic rings. The van der Waals surface area contributed by atoms with Crippen molar-refractivity contribution in [3.63, 3.8) is 0 Å². The lowest BCUT2D eigenvalue weighted by Crippen LogP contribution is -2.12. The fourth-order valence-corrected chi connectivity index (χ4v) is 1.84. The highest BCUT2D eigenvalue weighted by Crippen LogP contribution is 2.22. The summed E-state index contributed by atoms with van der Waals surface area (Å²) < 4.78 is 2.43. The molecule has 9 heavy (non-hydrogen) atoms. The molecule has 0 bridgehead atoms. The van der Waals surface area contributed by atoms with Crippen molar-refractivity contribution in [1.82, 2.24) is 0 Å². The monoisotopic (exact) mass is 122 g/mol. The van der Waals surface area contributed by atoms with Crippen molar-refractivity contribution in [1.29, 1.82) is 0 Å². The van der Waals surface area contributed by atoms with E-state index in [1.165, 1.54) is 31.4 Å². The van der Waals surface area contributed by atoms with Gasteiger partial charge in [-0.15, -0.1) is 0 Å². The number of nitrogens with zero attached hydrogens (tertiary/aromatic N) is 1. The van der Waals surface area contributed by atoms with Crippen LogP contribution in [0.4, 0.5) is 0 Å². The molecule has 2 heterocycles. The number of rotatable bonds is 0. The first-order valence-electron chi connectivity index (χ1n) is 3.64. The van der Waals surface area contributed by atoms with Gasteiger partial charge in [0, 0.05) is 24.8 Å². The van der Waals surface area contributed by atoms with Gasteiger partial charge in [0.25, 0.3) is 0 Å². The lowest BCUT2D eigenvalue weighted by atomic mass is 10.1. The molecule has 48 valence electrons. The summed E-state index contributed by atoms with van der Waals surface area (Å²) in [5.74, 6) is 0. The topological polar surface area (TPSA) is 3.01 Å². The molecule has 0 aliphatic carbocycles. The van der Waals surface area contributed by atoms with Crippen molar-refractivity contribution in [2.45, 2.75) is 25.3 Å². The molecule has 0 N–H and O–H groups in total. The van der Waals surface area contributed by atoms with Gasteiger partial charge in [0.2, 0.25) is 0 Å². The van der Waals surface area contributed by atoms with Gasteiger partial charge in [-0.3, -0.25) is 0 Å². The van der Waals surface area contributed by atoms with E-state index in [9.17, 15) is 0 Å². The normalized spacial score (nSPS) is 32.7. The Hall–Kier alpha value is -0.590. The minimum Gasteiger partial charge on any atom is -0.233 e. The maximum atomic E-state index is 3.94. The molecule has 1 heteroatoms. The van der Waals surface area contributed by atoms with Crippen LogP contribution in [0.2, 0.25) is 0 Å². The first-order valence-corrected chi connectivity index (χ1v) is 3.64. The number of hydrogen-bond acceptors (Lipinski definition) is 0. The first kappa shape index (κ1) is 5.21. The van der Waals surface area contributed by atoms with Crippen LogP contribution in [0.3, 0.4) is 0 Å². The SMILES string of the molecule is C=C1C=[N+]2CCCC2C1. The second-order valence-corrected chi connectivity index (χ2v) is 3.03. The standard InChI is InChI=1S/C8H12N/c1-7-5-8-3-2-4-9(8)6-7/h6,8H,1-5H2/q+1. The third kappa shape index (κ3) is 0.716. The first-order chi connectivity index (χ1) is 4.36. The van der Waals surface area contributed by atoms with Crippen molar-refractivity contribution < 1.29 is 4.58 Å². The molecule has 0 radical (unpaired) electrons. The summed E-state index contributed by atoms with van der Waals surface area (Å²) in [6, 6.07) is 0.831. The molecule has 2 rings (SSSR count). The minimum atomic E-state index is 0.831. The summed E-state index contributed by atoms with van der Waals surface area (Å²) in [4.78, 5) is 0. The Kier molecular flexibility index (Phi) is 0.981. The highest BCUT2D eigenvalue weighted by atomic mass is 15.1. The van der Waals surface area contributed by atoms with E-state index in [2.05, 4.69) is 17.4 Å². The molecule has 0 aromatic heterocycles. The zero-order chi connectivity index (χ0) is 6.27. The molecule has 0 aromatic carbocycles. The average molecular weight is 122 g/mol. The maximum absolute atomic E-state index is 3.94. The van der Waals surface area contributed by atoms with Gasteiger partial charge in [-0.2, -0.15) is 0 Å². The Labute approximate surface area is 55.7 Å². The Balaban J connectivity index is 2.27. The van der Waals surface area contributed by atoms with Crippen LogP contribution in [0.25, 0.3) is 0 Å². The van der Waals surface area contributed by atoms with Crippen molar-refractivity contribution >= 4 is 6.21 Å². The summed E-state index contributed by atoms with van der Waals surface area (Å²) in [5.41, 5.74) is 1.32. The van der Waals surface area contributed by atoms with E-state index >= 15 is 0 Å². The Morgan fingerprint density at radius 2 is 2.56 bits per heavy atom. The van der Waals surface area contributed by atoms with E-state index in [0.717, 1.165) is 6.04 Å². The quantitative estimate of drug-likeness (QED) is 0.425. The van der Waals surface area contributed by atoms with Crippen LogP contribution in [0.5, 0.6) is 0 Å². The van der Waals surface area contributed by atoms with Crippen LogP contribution in [0, 0.1) is 0 Å². The van der Waals surface area contributed by atoms with Gasteiger partial charge in [0.1, 0.15) is 6.54 Å². The average Bonchev–Trinajstić information content (AvgIpc) is 2.22. The molecule has 1 fully saturated rings. The van der Waals surface area contributed by atoms with Crippen LogP contribution >= 0.6 is 0 Å². The van der Waals surface area contributed by atoms with E-state index in [-0.39, 0.29) is 0 Å². The molecule has 0 spiro atoms. The van der Waals surface area contributed by atoms with Gasteiger partial charge in [-0.25, -0.2) is 4.58 Å². The van der Waals surface area contributed by atoms with Gasteiger partial charge in [-0.1, -0.05) is 6.58 Å². The molecule has 1 saturated heterocycles. The second kappa shape index (κ2) is 1.69. The number of fused-ring (bicyclic) bond motifs is 1. The molecule has 0 amide bonds. The molecule has 1 nitrogen and oxygen atoms in total. The fourth-order valence-electron chi connectivity index (χ4n) is 1.84. The van der Waals surface area contributed by atoms with E-state index in [1.807, 2.05) is 0 Å². The zero-order valence-corrected chi connectivity index (χ0v) is 5.64. The lowest BCUT2D eigenvalue weighted by molar-refractivity contribution is -0.531. The molecular weight excluding hydrogens is 110 g/mol. The van der Waals surface area contributed by atoms with Gasteiger partial charge in [-0.05, 0) is 0 Å². The van der Waals surface area contributed by atoms with Crippen molar-refractivity contribution in [2.75, 3.05) is 6.54 Å². The van der Waals surface area contributed by atoms with Gasteiger partial charge in [0.15, 0.2) is 12.3 Å². The van der Waals surface area contributed by atoms with E-state index in [1.54, 1.807) is 0 Å². The Morgan fingerprint density at radius 3 is 3.33 bits per heavy atom. The molecule has 1 atom stereocenters. The Morgan fingerprint density at radius 1 is 1.67 bits per heavy atom. The Bertz CT molecular complexity index is 179. The lowest BCUT2D eigenvalue weighted by Gasteiger charge is -1.93. The largest absolute Gasteiger partial charge is 0.233 e. The van der Waals surface area contributed by atoms with Gasteiger partial charge < -0.3 is 0 Å². The third-order valence-electron chi connectivity index (χ3n) is 2.27. The minimum absolute atomic E-state index is 0.831. The number of hydrogen-bond donors (Lipinski definition) is 0. The van der Waals surface area contributed by atoms with E-state index < -0.39 is 0 Å². The van der Waals surface area contributed by atoms with Gasteiger partial charge >= 0.3 is 0 Å². The highest BCUT2D eigenvalue weighted by molar-refractivity contribution is 5.75.